The van der Waals surface area contributed by atoms with Crippen LogP contribution in [0.3, 0.4) is 0 Å². The van der Waals surface area contributed by atoms with Crippen molar-refractivity contribution in [2.45, 2.75) is 38.5 Å². The molecule has 0 fully saturated rings. The molecule has 1 heterocycles. The quantitative estimate of drug-likeness (QED) is 0.666. The van der Waals surface area contributed by atoms with Crippen molar-refractivity contribution in [2.24, 2.45) is 0 Å². The Morgan fingerprint density at radius 1 is 1.25 bits per heavy atom. The maximum Gasteiger partial charge on any atom is 0.104 e. The smallest absolute Gasteiger partial charge is 0.104 e. The predicted octanol–water partition coefficient (Wildman–Crippen LogP) is 2.65. The summed E-state index contributed by atoms with van der Waals surface area (Å²) < 4.78 is 2.11. The van der Waals surface area contributed by atoms with Crippen LogP contribution in [0.5, 0.6) is 0 Å². The van der Waals surface area contributed by atoms with Gasteiger partial charge >= 0.3 is 0 Å². The number of hydrogen-bond acceptors (Lipinski definition) is 1. The maximum absolute atomic E-state index is 4.41. The van der Waals surface area contributed by atoms with E-state index >= 15 is 0 Å². The van der Waals surface area contributed by atoms with E-state index in [1.807, 2.05) is 6.33 Å². The number of fused-ring (bicyclic) bond motifs is 1. The van der Waals surface area contributed by atoms with Gasteiger partial charge < -0.3 is 0 Å². The highest BCUT2D eigenvalue weighted by Crippen LogP contribution is 2.55. The second-order valence-electron chi connectivity index (χ2n) is 4.50. The fourth-order valence-electron chi connectivity index (χ4n) is 1.88. The van der Waals surface area contributed by atoms with Gasteiger partial charge in [0.25, 0.3) is 0 Å². The molecule has 0 unspecified atom stereocenters. The fraction of sp³-hybridized carbons (Fsp3) is 0.667. The van der Waals surface area contributed by atoms with Crippen LogP contribution in [-0.4, -0.2) is 7.76 Å². The zero-order valence-corrected chi connectivity index (χ0v) is 10.0. The Morgan fingerprint density at radius 3 is 2.33 bits per heavy atom. The predicted molar refractivity (Wildman–Crippen MR) is 57.7 cm³/mol. The number of imidazole rings is 1. The number of hydrogen-bond donors (Lipinski definition) is 0. The van der Waals surface area contributed by atoms with Crippen LogP contribution in [0.15, 0.2) is 6.33 Å². The molecule has 2 nitrogen and oxygen atoms in total. The minimum absolute atomic E-state index is 0.235. The number of rotatable bonds is 0. The normalized spacial score (nSPS) is 23.1. The molecule has 0 atom stereocenters. The van der Waals surface area contributed by atoms with Gasteiger partial charge in [-0.05, 0) is 0 Å². The van der Waals surface area contributed by atoms with Gasteiger partial charge in [-0.3, -0.25) is 2.78 Å². The van der Waals surface area contributed by atoms with E-state index in [1.165, 1.54) is 11.4 Å². The van der Waals surface area contributed by atoms with Gasteiger partial charge in [-0.1, -0.05) is 27.7 Å². The lowest BCUT2D eigenvalue weighted by molar-refractivity contribution is 0.228. The summed E-state index contributed by atoms with van der Waals surface area (Å²) in [5.74, 6) is 0. The number of nitrogens with zero attached hydrogens (tertiary/aromatic N) is 2. The molecular weight excluding hydrogens is 263 g/mol. The summed E-state index contributed by atoms with van der Waals surface area (Å²) in [6, 6.07) is 0. The molecule has 1 aromatic rings. The van der Waals surface area contributed by atoms with E-state index in [2.05, 4.69) is 58.3 Å². The minimum Gasteiger partial charge on any atom is -0.275 e. The Hall–Kier alpha value is -0.0600. The zero-order chi connectivity index (χ0) is 9.15. The molecule has 0 spiro atoms. The van der Waals surface area contributed by atoms with E-state index in [-0.39, 0.29) is 10.8 Å². The summed E-state index contributed by atoms with van der Waals surface area (Å²) in [6.45, 7) is 9.09. The first-order valence-corrected chi connectivity index (χ1v) is 5.10. The molecule has 1 aliphatic rings. The lowest BCUT2D eigenvalue weighted by Gasteiger charge is -2.50. The van der Waals surface area contributed by atoms with Crippen LogP contribution < -0.4 is 0 Å². The van der Waals surface area contributed by atoms with Crippen LogP contribution in [-0.2, 0) is 10.8 Å². The number of aromatic nitrogens is 2. The molecule has 3 heteroatoms. The third-order valence-electron chi connectivity index (χ3n) is 3.47. The highest BCUT2D eigenvalue weighted by atomic mass is 127. The Morgan fingerprint density at radius 2 is 1.83 bits per heavy atom. The molecule has 0 saturated heterocycles. The van der Waals surface area contributed by atoms with Crippen molar-refractivity contribution in [1.29, 1.82) is 0 Å². The van der Waals surface area contributed by atoms with Gasteiger partial charge in [0.1, 0.15) is 6.33 Å². The van der Waals surface area contributed by atoms with Crippen molar-refractivity contribution in [3.05, 3.63) is 17.7 Å². The van der Waals surface area contributed by atoms with E-state index in [0.29, 0.717) is 0 Å². The van der Waals surface area contributed by atoms with Gasteiger partial charge in [0.2, 0.25) is 0 Å². The van der Waals surface area contributed by atoms with Crippen LogP contribution in [0.2, 0.25) is 0 Å². The molecule has 66 valence electrons. The largest absolute Gasteiger partial charge is 0.275 e. The summed E-state index contributed by atoms with van der Waals surface area (Å²) in [4.78, 5) is 4.41. The minimum atomic E-state index is 0.235. The maximum atomic E-state index is 4.41. The van der Waals surface area contributed by atoms with Crippen molar-refractivity contribution in [3.8, 4) is 0 Å². The summed E-state index contributed by atoms with van der Waals surface area (Å²) in [5, 5.41) is 0. The van der Waals surface area contributed by atoms with Gasteiger partial charge in [-0.15, -0.1) is 0 Å². The van der Waals surface area contributed by atoms with Crippen LogP contribution >= 0.6 is 22.9 Å². The molecule has 12 heavy (non-hydrogen) atoms. The molecule has 0 saturated carbocycles. The average Bonchev–Trinajstić information content (AvgIpc) is 2.30. The van der Waals surface area contributed by atoms with E-state index in [1.54, 1.807) is 0 Å². The molecule has 1 aromatic heterocycles. The first-order valence-electron chi connectivity index (χ1n) is 4.13. The van der Waals surface area contributed by atoms with Crippen molar-refractivity contribution in [2.75, 3.05) is 0 Å². The molecule has 0 amide bonds. The third-order valence-corrected chi connectivity index (χ3v) is 4.20. The molecule has 2 rings (SSSR count). The second-order valence-corrected chi connectivity index (χ2v) is 5.54. The van der Waals surface area contributed by atoms with Crippen LogP contribution in [0, 0.1) is 0 Å². The van der Waals surface area contributed by atoms with Gasteiger partial charge in [-0.25, -0.2) is 4.98 Å². The van der Waals surface area contributed by atoms with Gasteiger partial charge in [0.15, 0.2) is 0 Å². The molecule has 0 N–H and O–H groups in total. The first kappa shape index (κ1) is 8.53. The number of halogens is 1. The Kier molecular flexibility index (Phi) is 1.46. The molecule has 1 aliphatic carbocycles. The summed E-state index contributed by atoms with van der Waals surface area (Å²) in [5.41, 5.74) is 3.15. The van der Waals surface area contributed by atoms with E-state index in [0.717, 1.165) is 0 Å². The van der Waals surface area contributed by atoms with Crippen molar-refractivity contribution in [3.63, 3.8) is 0 Å². The first-order chi connectivity index (χ1) is 5.39. The molecule has 0 aliphatic heterocycles. The lowest BCUT2D eigenvalue weighted by atomic mass is 9.54. The van der Waals surface area contributed by atoms with E-state index in [9.17, 15) is 0 Å². The molecule has 0 aromatic carbocycles. The van der Waals surface area contributed by atoms with Crippen LogP contribution in [0.25, 0.3) is 0 Å². The SMILES string of the molecule is CC1(C)c2ncn(I)c2C1(C)C. The Labute approximate surface area is 86.9 Å². The molecule has 0 bridgehead atoms. The van der Waals surface area contributed by atoms with Gasteiger partial charge in [-0.2, -0.15) is 0 Å². The second kappa shape index (κ2) is 2.05. The van der Waals surface area contributed by atoms with Crippen molar-refractivity contribution in [1.82, 2.24) is 7.76 Å². The van der Waals surface area contributed by atoms with E-state index < -0.39 is 0 Å². The zero-order valence-electron chi connectivity index (χ0n) is 7.85. The highest BCUT2D eigenvalue weighted by molar-refractivity contribution is 14.1. The third kappa shape index (κ3) is 0.690. The van der Waals surface area contributed by atoms with E-state index in [4.69, 9.17) is 0 Å². The Bertz CT molecular complexity index is 336. The standard InChI is InChI=1S/C9H13IN2/c1-8(2)6-7(9(8,3)4)12(10)5-11-6/h5H,1-4H3. The topological polar surface area (TPSA) is 17.8 Å². The lowest BCUT2D eigenvalue weighted by Crippen LogP contribution is -2.51. The summed E-state index contributed by atoms with van der Waals surface area (Å²) in [6.07, 6.45) is 1.90. The fourth-order valence-corrected chi connectivity index (χ4v) is 2.83. The van der Waals surface area contributed by atoms with Crippen molar-refractivity contribution < 1.29 is 0 Å². The van der Waals surface area contributed by atoms with Gasteiger partial charge in [0.05, 0.1) is 34.3 Å². The van der Waals surface area contributed by atoms with Crippen LogP contribution in [0.1, 0.15) is 39.1 Å². The molecular formula is C9H13IN2. The monoisotopic (exact) mass is 276 g/mol. The summed E-state index contributed by atoms with van der Waals surface area (Å²) in [7, 11) is 0. The van der Waals surface area contributed by atoms with Crippen LogP contribution in [0.4, 0.5) is 0 Å². The highest BCUT2D eigenvalue weighted by Gasteiger charge is 2.55. The van der Waals surface area contributed by atoms with Gasteiger partial charge in [0, 0.05) is 10.8 Å². The Balaban J connectivity index is 2.67. The average molecular weight is 276 g/mol. The molecule has 0 radical (unpaired) electrons. The summed E-state index contributed by atoms with van der Waals surface area (Å²) >= 11 is 2.29. The van der Waals surface area contributed by atoms with Crippen molar-refractivity contribution >= 4 is 22.9 Å².